The van der Waals surface area contributed by atoms with Crippen molar-refractivity contribution in [3.05, 3.63) is 89.5 Å². The van der Waals surface area contributed by atoms with Crippen LogP contribution in [0.1, 0.15) is 110 Å². The molecule has 2 aliphatic rings. The molecule has 0 spiro atoms. The molecule has 2 saturated heterocycles. The molecule has 12 atom stereocenters. The number of likely N-dealkylation sites (tertiary alicyclic amines) is 2. The van der Waals surface area contributed by atoms with Crippen molar-refractivity contribution in [2.75, 3.05) is 13.1 Å². The minimum absolute atomic E-state index is 0.0232. The number of phenols is 3. The number of aromatic hydroxyl groups is 3. The maximum Gasteiger partial charge on any atom is 0.326 e. The van der Waals surface area contributed by atoms with Crippen LogP contribution in [0.2, 0.25) is 0 Å². The molecule has 0 bridgehead atoms. The van der Waals surface area contributed by atoms with Crippen molar-refractivity contribution in [2.45, 2.75) is 185 Å². The zero-order chi connectivity index (χ0) is 68.3. The van der Waals surface area contributed by atoms with Gasteiger partial charge >= 0.3 is 5.97 Å². The van der Waals surface area contributed by atoms with Gasteiger partial charge in [0.05, 0.1) is 18.6 Å². The lowest BCUT2D eigenvalue weighted by molar-refractivity contribution is -0.148. The average Bonchev–Trinajstić information content (AvgIpc) is 1.63. The van der Waals surface area contributed by atoms with E-state index >= 15 is 0 Å². The summed E-state index contributed by atoms with van der Waals surface area (Å²) < 4.78 is 0. The number of amides is 11. The second-order valence-electron chi connectivity index (χ2n) is 24.4. The highest BCUT2D eigenvalue weighted by Gasteiger charge is 2.45. The fraction of sp³-hybridized carbons (Fsp3) is 0.524. The summed E-state index contributed by atoms with van der Waals surface area (Å²) in [6, 6.07) is 1.97. The molecule has 29 nitrogen and oxygen atoms in total. The van der Waals surface area contributed by atoms with Crippen molar-refractivity contribution in [3.8, 4) is 17.2 Å². The van der Waals surface area contributed by atoms with Crippen LogP contribution in [-0.4, -0.2) is 192 Å². The van der Waals surface area contributed by atoms with Crippen LogP contribution in [0.4, 0.5) is 0 Å². The zero-order valence-electron chi connectivity index (χ0n) is 52.7. The summed E-state index contributed by atoms with van der Waals surface area (Å²) in [5.74, 6) is -11.5. The topological polar surface area (TPSA) is 461 Å². The summed E-state index contributed by atoms with van der Waals surface area (Å²) in [7, 11) is 0. The van der Waals surface area contributed by atoms with Crippen LogP contribution in [-0.2, 0) is 76.8 Å². The van der Waals surface area contributed by atoms with E-state index in [-0.39, 0.29) is 87.1 Å². The van der Waals surface area contributed by atoms with Crippen molar-refractivity contribution in [2.24, 2.45) is 23.3 Å². The second-order valence-corrected chi connectivity index (χ2v) is 24.4. The number of rotatable bonds is 32. The van der Waals surface area contributed by atoms with E-state index in [1.165, 1.54) is 103 Å². The van der Waals surface area contributed by atoms with Crippen molar-refractivity contribution >= 4 is 70.9 Å². The number of carbonyl (C=O) groups is 12. The second kappa shape index (κ2) is 34.2. The molecule has 5 rings (SSSR count). The van der Waals surface area contributed by atoms with Crippen LogP contribution in [0, 0.1) is 11.8 Å². The van der Waals surface area contributed by atoms with Crippen LogP contribution >= 0.6 is 0 Å². The van der Waals surface area contributed by atoms with Gasteiger partial charge in [-0.2, -0.15) is 0 Å². The van der Waals surface area contributed by atoms with Gasteiger partial charge in [-0.1, -0.05) is 64.1 Å². The molecule has 0 unspecified atom stereocenters. The summed E-state index contributed by atoms with van der Waals surface area (Å²) >= 11 is 0. The normalized spacial score (nSPS) is 17.9. The summed E-state index contributed by atoms with van der Waals surface area (Å²) in [5, 5.41) is 70.4. The van der Waals surface area contributed by atoms with E-state index in [9.17, 15) is 83.1 Å². The van der Waals surface area contributed by atoms with E-state index in [4.69, 9.17) is 11.5 Å². The van der Waals surface area contributed by atoms with Gasteiger partial charge in [-0.15, -0.1) is 0 Å². The Labute approximate surface area is 532 Å². The first kappa shape index (κ1) is 73.4. The number of aliphatic hydroxyl groups is 1. The van der Waals surface area contributed by atoms with Crippen molar-refractivity contribution in [3.63, 3.8) is 0 Å². The number of hydrogen-bond acceptors (Lipinski definition) is 17. The third kappa shape index (κ3) is 21.9. The van der Waals surface area contributed by atoms with E-state index < -0.39 is 150 Å². The number of nitrogens with zero attached hydrogens (tertiary/aromatic N) is 2. The van der Waals surface area contributed by atoms with Crippen LogP contribution in [0.3, 0.4) is 0 Å². The largest absolute Gasteiger partial charge is 0.508 e. The summed E-state index contributed by atoms with van der Waals surface area (Å²) in [4.78, 5) is 168. The molecule has 2 heterocycles. The van der Waals surface area contributed by atoms with Crippen molar-refractivity contribution in [1.82, 2.24) is 52.3 Å². The van der Waals surface area contributed by atoms with Gasteiger partial charge in [0.2, 0.25) is 65.0 Å². The predicted molar refractivity (Wildman–Crippen MR) is 332 cm³/mol. The lowest BCUT2D eigenvalue weighted by Gasteiger charge is -2.34. The lowest BCUT2D eigenvalue weighted by Crippen LogP contribution is -2.62. The molecule has 0 aliphatic carbocycles. The van der Waals surface area contributed by atoms with Crippen molar-refractivity contribution < 1.29 is 83.1 Å². The summed E-state index contributed by atoms with van der Waals surface area (Å²) in [6.45, 7) is 11.2. The van der Waals surface area contributed by atoms with Gasteiger partial charge in [-0.05, 0) is 124 Å². The van der Waals surface area contributed by atoms with E-state index in [2.05, 4.69) is 42.5 Å². The minimum Gasteiger partial charge on any atom is -0.508 e. The van der Waals surface area contributed by atoms with Crippen LogP contribution in [0.25, 0.3) is 0 Å². The number of hydrogen-bond donors (Lipinski definition) is 15. The molecule has 17 N–H and O–H groups in total. The molecule has 92 heavy (non-hydrogen) atoms. The summed E-state index contributed by atoms with van der Waals surface area (Å²) in [6.07, 6.45) is -1.79. The minimum atomic E-state index is -1.76. The highest BCUT2D eigenvalue weighted by Crippen LogP contribution is 2.27. The van der Waals surface area contributed by atoms with E-state index in [1.54, 1.807) is 27.7 Å². The molecule has 502 valence electrons. The molecular formula is C63H88N12O17. The van der Waals surface area contributed by atoms with Gasteiger partial charge in [-0.3, -0.25) is 52.7 Å². The Kier molecular flexibility index (Phi) is 27.2. The van der Waals surface area contributed by atoms with Crippen LogP contribution in [0.15, 0.2) is 72.8 Å². The molecule has 29 heteroatoms. The third-order valence-electron chi connectivity index (χ3n) is 15.6. The van der Waals surface area contributed by atoms with Gasteiger partial charge in [0, 0.05) is 32.4 Å². The number of phenolic OH excluding ortho intramolecular Hbond substituents is 3. The Morgan fingerprint density at radius 2 is 0.880 bits per heavy atom. The Bertz CT molecular complexity index is 3110. The molecule has 3 aromatic rings. The number of nitrogens with two attached hydrogens (primary N) is 2. The molecule has 2 aliphatic heterocycles. The Morgan fingerprint density at radius 3 is 1.35 bits per heavy atom. The van der Waals surface area contributed by atoms with E-state index in [0.29, 0.717) is 29.5 Å². The number of nitrogens with one attached hydrogen (secondary N) is 8. The molecule has 0 aromatic heterocycles. The quantitative estimate of drug-likeness (QED) is 0.0338. The molecule has 11 amide bonds. The van der Waals surface area contributed by atoms with E-state index in [0.717, 1.165) is 0 Å². The fourth-order valence-electron chi connectivity index (χ4n) is 10.7. The number of aliphatic hydroxyl groups excluding tert-OH is 1. The highest BCUT2D eigenvalue weighted by atomic mass is 16.4. The third-order valence-corrected chi connectivity index (χ3v) is 15.6. The Morgan fingerprint density at radius 1 is 0.478 bits per heavy atom. The number of aliphatic carboxylic acids is 1. The first-order valence-corrected chi connectivity index (χ1v) is 30.6. The number of carbonyl (C=O) groups excluding carboxylic acids is 11. The molecular weight excluding hydrogens is 1200 g/mol. The first-order valence-electron chi connectivity index (χ1n) is 30.6. The van der Waals surface area contributed by atoms with Gasteiger partial charge in [0.15, 0.2) is 0 Å². The van der Waals surface area contributed by atoms with Crippen molar-refractivity contribution in [1.29, 1.82) is 0 Å². The average molecular weight is 1290 g/mol. The molecule has 0 saturated carbocycles. The van der Waals surface area contributed by atoms with E-state index in [1.807, 2.05) is 0 Å². The standard InChI is InChI=1S/C63H88N12O17/c1-32(2)26-43(56(84)69-46(31-51(65)80)57(85)68-44(28-37-12-18-40(77)19-13-37)55(83)66-35(6)54(82)72-48(63(91)92)30-39-16-22-42(79)23-17-39)70-59(87)49-10-8-24-74(49)62(90)50-11-9-25-75(50)61(89)47(27-33(3)4)71-60(88)52(36(7)76)73-58(86)45(67-53(81)34(5)64)29-38-14-20-41(78)21-15-38/h12-23,32-36,43-50,52,76-79H,8-11,24-31,64H2,1-7H3,(H2,65,80)(H,66,83)(H,67,81)(H,68,85)(H,69,84)(H,70,87)(H,71,88)(H,72,82)(H,73,86)(H,91,92)/t34-,35-,36+,43-,44-,45-,46-,47-,48-,49-,50-,52-/m0/s1. The SMILES string of the molecule is CC(C)C[C@H](NC(=O)[C@@H]1CCCN1C(=O)[C@@H]1CCCN1C(=O)[C@H](CC(C)C)NC(=O)[C@@H](NC(=O)[C@H](Cc1ccc(O)cc1)NC(=O)[C@H](C)N)[C@@H](C)O)C(=O)N[C@@H](CC(N)=O)C(=O)N[C@@H](Cc1ccc(O)cc1)C(=O)N[C@@H](C)C(=O)N[C@@H](Cc1ccc(O)cc1)C(=O)O. The van der Waals surface area contributed by atoms with Gasteiger partial charge in [-0.25, -0.2) is 4.79 Å². The molecule has 2 fully saturated rings. The molecule has 3 aromatic carbocycles. The Balaban J connectivity index is 1.29. The number of primary amides is 1. The van der Waals surface area contributed by atoms with Crippen LogP contribution < -0.4 is 54.0 Å². The van der Waals surface area contributed by atoms with Gasteiger partial charge in [0.1, 0.15) is 77.7 Å². The molecule has 0 radical (unpaired) electrons. The smallest absolute Gasteiger partial charge is 0.326 e. The highest BCUT2D eigenvalue weighted by molar-refractivity contribution is 6.00. The first-order chi connectivity index (χ1) is 43.3. The Hall–Kier alpha value is -9.38. The number of carboxylic acids is 1. The fourth-order valence-corrected chi connectivity index (χ4v) is 10.7. The monoisotopic (exact) mass is 1280 g/mol. The number of benzene rings is 3. The maximum atomic E-state index is 14.7. The maximum absolute atomic E-state index is 14.7. The lowest BCUT2D eigenvalue weighted by atomic mass is 10.0. The van der Waals surface area contributed by atoms with Crippen LogP contribution in [0.5, 0.6) is 17.2 Å². The summed E-state index contributed by atoms with van der Waals surface area (Å²) in [5.41, 5.74) is 12.7. The van der Waals surface area contributed by atoms with Gasteiger partial charge in [0.25, 0.3) is 0 Å². The van der Waals surface area contributed by atoms with Gasteiger partial charge < -0.3 is 89.3 Å². The predicted octanol–water partition coefficient (Wildman–Crippen LogP) is -1.51. The number of carboxylic acid groups (broad SMARTS) is 1. The zero-order valence-corrected chi connectivity index (χ0v) is 52.7.